The van der Waals surface area contributed by atoms with E-state index >= 15 is 4.39 Å². The normalized spacial score (nSPS) is 14.4. The minimum absolute atomic E-state index is 0. The van der Waals surface area contributed by atoms with Gasteiger partial charge in [0, 0.05) is 31.9 Å². The topological polar surface area (TPSA) is 75.0 Å². The van der Waals surface area contributed by atoms with Gasteiger partial charge in [0.2, 0.25) is 5.43 Å². The Morgan fingerprint density at radius 2 is 1.74 bits per heavy atom. The van der Waals surface area contributed by atoms with Crippen LogP contribution in [0.25, 0.3) is 16.6 Å². The number of aromatic nitrogens is 1. The van der Waals surface area contributed by atoms with E-state index in [9.17, 15) is 14.0 Å². The Labute approximate surface area is 182 Å². The molecule has 1 aromatic heterocycles. The molecule has 0 spiro atoms. The van der Waals surface area contributed by atoms with E-state index in [0.29, 0.717) is 31.9 Å². The smallest absolute Gasteiger partial charge is 0.449 e. The molecule has 4 rings (SSSR count). The second-order valence-electron chi connectivity index (χ2n) is 7.10. The van der Waals surface area contributed by atoms with Gasteiger partial charge in [0.05, 0.1) is 17.1 Å². The molecule has 0 bridgehead atoms. The summed E-state index contributed by atoms with van der Waals surface area (Å²) in [4.78, 5) is 27.4. The summed E-state index contributed by atoms with van der Waals surface area (Å²) in [6.45, 7) is 2.17. The lowest BCUT2D eigenvalue weighted by Crippen LogP contribution is -2.45. The van der Waals surface area contributed by atoms with Crippen molar-refractivity contribution in [3.8, 4) is 11.4 Å². The highest BCUT2D eigenvalue weighted by Crippen LogP contribution is 2.32. The van der Waals surface area contributed by atoms with E-state index in [2.05, 4.69) is 9.64 Å². The van der Waals surface area contributed by atoms with Crippen LogP contribution in [-0.2, 0) is 0 Å². The Morgan fingerprint density at radius 1 is 1.10 bits per heavy atom. The molecule has 10 heteroatoms. The number of piperazine rings is 1. The average Bonchev–Trinajstić information content (AvgIpc) is 2.72. The number of hydrogen-bond acceptors (Lipinski definition) is 5. The molecule has 0 saturated carbocycles. The first-order valence-electron chi connectivity index (χ1n) is 9.34. The molecule has 1 saturated heterocycles. The summed E-state index contributed by atoms with van der Waals surface area (Å²) >= 11 is 0. The molecule has 3 aromatic rings. The Morgan fingerprint density at radius 3 is 2.35 bits per heavy atom. The highest BCUT2D eigenvalue weighted by atomic mass is 35.5. The monoisotopic (exact) mass is 451 g/mol. The van der Waals surface area contributed by atoms with Gasteiger partial charge in [0.25, 0.3) is 0 Å². The quantitative estimate of drug-likeness (QED) is 0.614. The number of ether oxygens (including phenoxy) is 1. The summed E-state index contributed by atoms with van der Waals surface area (Å²) in [5, 5.41) is 8.64. The summed E-state index contributed by atoms with van der Waals surface area (Å²) < 4.78 is 36.6. The minimum Gasteiger partial charge on any atom is -0.449 e. The maximum absolute atomic E-state index is 15.7. The van der Waals surface area contributed by atoms with Crippen molar-refractivity contribution >= 4 is 35.2 Å². The average molecular weight is 452 g/mol. The number of carboxylic acid groups (broad SMARTS) is 1. The van der Waals surface area contributed by atoms with Gasteiger partial charge in [-0.2, -0.15) is 0 Å². The molecule has 0 unspecified atom stereocenters. The molecule has 1 fully saturated rings. The molecule has 0 radical (unpaired) electrons. The maximum Gasteiger partial charge on any atom is 0.511 e. The second-order valence-corrected chi connectivity index (χ2v) is 7.10. The van der Waals surface area contributed by atoms with Crippen LogP contribution in [0.2, 0.25) is 0 Å². The molecular weight excluding hydrogens is 432 g/mol. The van der Waals surface area contributed by atoms with Gasteiger partial charge >= 0.3 is 6.16 Å². The molecule has 0 amide bonds. The molecule has 1 aliphatic heterocycles. The number of rotatable bonds is 3. The summed E-state index contributed by atoms with van der Waals surface area (Å²) in [7, 11) is 1.93. The fourth-order valence-electron chi connectivity index (χ4n) is 3.66. The van der Waals surface area contributed by atoms with E-state index in [1.807, 2.05) is 7.05 Å². The number of likely N-dealkylation sites (N-methyl/N-ethyl adjacent to an activating group) is 1. The van der Waals surface area contributed by atoms with Crippen molar-refractivity contribution in [3.05, 3.63) is 64.5 Å². The van der Waals surface area contributed by atoms with Crippen LogP contribution < -0.4 is 15.1 Å². The third-order valence-corrected chi connectivity index (χ3v) is 5.18. The van der Waals surface area contributed by atoms with Crippen molar-refractivity contribution in [2.45, 2.75) is 0 Å². The zero-order valence-electron chi connectivity index (χ0n) is 16.5. The molecule has 1 N–H and O–H groups in total. The van der Waals surface area contributed by atoms with Crippen molar-refractivity contribution in [2.75, 3.05) is 38.1 Å². The zero-order valence-corrected chi connectivity index (χ0v) is 17.4. The number of para-hydroxylation sites is 1. The third kappa shape index (κ3) is 4.19. The van der Waals surface area contributed by atoms with Crippen LogP contribution in [0.1, 0.15) is 0 Å². The van der Waals surface area contributed by atoms with E-state index in [1.165, 1.54) is 4.57 Å². The van der Waals surface area contributed by atoms with Crippen LogP contribution in [0.4, 0.5) is 19.3 Å². The van der Waals surface area contributed by atoms with Crippen LogP contribution in [0.3, 0.4) is 0 Å². The van der Waals surface area contributed by atoms with Crippen molar-refractivity contribution in [2.24, 2.45) is 0 Å². The lowest BCUT2D eigenvalue weighted by atomic mass is 10.1. The van der Waals surface area contributed by atoms with Crippen LogP contribution in [0.15, 0.2) is 47.4 Å². The molecule has 0 aliphatic carbocycles. The number of hydrogen-bond donors (Lipinski definition) is 1. The Bertz CT molecular complexity index is 1180. The number of carbonyl (C=O) groups is 1. The fraction of sp³-hybridized carbons (Fsp3) is 0.238. The Kier molecular flexibility index (Phi) is 6.47. The molecule has 1 aliphatic rings. The van der Waals surface area contributed by atoms with Crippen molar-refractivity contribution in [3.63, 3.8) is 0 Å². The highest BCUT2D eigenvalue weighted by Gasteiger charge is 2.26. The number of halogens is 3. The van der Waals surface area contributed by atoms with Crippen molar-refractivity contribution in [1.29, 1.82) is 0 Å². The first-order valence-corrected chi connectivity index (χ1v) is 9.34. The van der Waals surface area contributed by atoms with Gasteiger partial charge < -0.3 is 24.2 Å². The van der Waals surface area contributed by atoms with Crippen LogP contribution >= 0.6 is 12.4 Å². The Balaban J connectivity index is 0.00000272. The Hall–Kier alpha value is -3.17. The minimum atomic E-state index is -1.69. The zero-order chi connectivity index (χ0) is 21.4. The number of anilines is 1. The standard InChI is InChI=1S/C21H19F2N3O4.ClH/c1-24-7-9-25(10-8-24)19-15(22)11-14-18(17(19)23)26(13-5-3-2-4-6-13)12-16(20(14)27)30-21(28)29;/h2-6,11-12H,7-10H2,1H3,(H,28,29);1H. The molecule has 164 valence electrons. The number of benzene rings is 2. The number of nitrogens with zero attached hydrogens (tertiary/aromatic N) is 3. The number of pyridine rings is 1. The van der Waals surface area contributed by atoms with Gasteiger partial charge in [0.15, 0.2) is 11.6 Å². The number of fused-ring (bicyclic) bond motifs is 1. The van der Waals surface area contributed by atoms with Crippen LogP contribution in [0, 0.1) is 11.6 Å². The van der Waals surface area contributed by atoms with Crippen molar-refractivity contribution < 1.29 is 23.4 Å². The lowest BCUT2D eigenvalue weighted by Gasteiger charge is -2.34. The highest BCUT2D eigenvalue weighted by molar-refractivity contribution is 5.87. The maximum atomic E-state index is 15.7. The van der Waals surface area contributed by atoms with Gasteiger partial charge in [-0.25, -0.2) is 13.6 Å². The summed E-state index contributed by atoms with van der Waals surface area (Å²) in [6.07, 6.45) is -0.580. The largest absolute Gasteiger partial charge is 0.511 e. The second kappa shape index (κ2) is 8.91. The van der Waals surface area contributed by atoms with Gasteiger partial charge in [-0.3, -0.25) is 4.79 Å². The van der Waals surface area contributed by atoms with E-state index in [1.54, 1.807) is 35.2 Å². The predicted molar refractivity (Wildman–Crippen MR) is 115 cm³/mol. The summed E-state index contributed by atoms with van der Waals surface area (Å²) in [5.74, 6) is -2.30. The third-order valence-electron chi connectivity index (χ3n) is 5.18. The first-order chi connectivity index (χ1) is 14.4. The van der Waals surface area contributed by atoms with Crippen molar-refractivity contribution in [1.82, 2.24) is 9.47 Å². The van der Waals surface area contributed by atoms with Crippen LogP contribution in [-0.4, -0.2) is 54.0 Å². The predicted octanol–water partition coefficient (Wildman–Crippen LogP) is 3.50. The van der Waals surface area contributed by atoms with E-state index < -0.39 is 29.0 Å². The van der Waals surface area contributed by atoms with E-state index in [0.717, 1.165) is 12.3 Å². The lowest BCUT2D eigenvalue weighted by molar-refractivity contribution is 0.144. The summed E-state index contributed by atoms with van der Waals surface area (Å²) in [5.41, 5.74) is -0.777. The molecule has 2 heterocycles. The molecule has 31 heavy (non-hydrogen) atoms. The van der Waals surface area contributed by atoms with E-state index in [4.69, 9.17) is 5.11 Å². The molecule has 7 nitrogen and oxygen atoms in total. The molecule has 2 aromatic carbocycles. The molecule has 0 atom stereocenters. The fourth-order valence-corrected chi connectivity index (χ4v) is 3.66. The molecular formula is C21H20ClF2N3O4. The van der Waals surface area contributed by atoms with E-state index in [-0.39, 0.29) is 29.0 Å². The first kappa shape index (κ1) is 22.5. The van der Waals surface area contributed by atoms with Gasteiger partial charge in [-0.15, -0.1) is 12.4 Å². The van der Waals surface area contributed by atoms with Crippen LogP contribution in [0.5, 0.6) is 5.75 Å². The summed E-state index contributed by atoms with van der Waals surface area (Å²) in [6, 6.07) is 9.44. The van der Waals surface area contributed by atoms with Gasteiger partial charge in [-0.1, -0.05) is 18.2 Å². The SMILES string of the molecule is CN1CCN(c2c(F)cc3c(=O)c(OC(=O)O)cn(-c4ccccc4)c3c2F)CC1.Cl. The van der Waals surface area contributed by atoms with Gasteiger partial charge in [-0.05, 0) is 25.2 Å². The van der Waals surface area contributed by atoms with Gasteiger partial charge in [0.1, 0.15) is 11.5 Å².